The van der Waals surface area contributed by atoms with Crippen LogP contribution in [0.5, 0.6) is 0 Å². The predicted octanol–water partition coefficient (Wildman–Crippen LogP) is 7.62. The minimum absolute atomic E-state index is 0. The number of halogens is 2. The first-order valence-electron chi connectivity index (χ1n) is 12.9. The Kier molecular flexibility index (Phi) is 9.26. The van der Waals surface area contributed by atoms with Crippen LogP contribution in [0.15, 0.2) is 120 Å². The summed E-state index contributed by atoms with van der Waals surface area (Å²) in [4.78, 5) is 2.59. The van der Waals surface area contributed by atoms with E-state index in [4.69, 9.17) is 0 Å². The van der Waals surface area contributed by atoms with Gasteiger partial charge in [-0.25, -0.2) is 0 Å². The predicted molar refractivity (Wildman–Crippen MR) is 160 cm³/mol. The molecule has 4 aromatic carbocycles. The molecule has 2 nitrogen and oxygen atoms in total. The zero-order valence-corrected chi connectivity index (χ0v) is 23.5. The van der Waals surface area contributed by atoms with Crippen LogP contribution in [0.1, 0.15) is 41.5 Å². The van der Waals surface area contributed by atoms with E-state index in [0.29, 0.717) is 0 Å². The summed E-state index contributed by atoms with van der Waals surface area (Å²) in [7, 11) is 0. The summed E-state index contributed by atoms with van der Waals surface area (Å²) in [5, 5.41) is 10.4. The van der Waals surface area contributed by atoms with Gasteiger partial charge in [-0.1, -0.05) is 119 Å². The lowest BCUT2D eigenvalue weighted by molar-refractivity contribution is 0.0983. The molecule has 0 amide bonds. The second-order valence-electron chi connectivity index (χ2n) is 10.0. The smallest absolute Gasteiger partial charge is 0.0528 e. The maximum Gasteiger partial charge on any atom is 0.0528 e. The van der Waals surface area contributed by atoms with Gasteiger partial charge in [0.05, 0.1) is 6.61 Å². The maximum atomic E-state index is 10.4. The molecule has 0 bridgehead atoms. The highest BCUT2D eigenvalue weighted by Crippen LogP contribution is 2.43. The number of benzene rings is 4. The van der Waals surface area contributed by atoms with E-state index in [2.05, 4.69) is 136 Å². The van der Waals surface area contributed by atoms with Crippen molar-refractivity contribution in [1.82, 2.24) is 4.90 Å². The molecule has 1 aliphatic heterocycles. The number of hydrogen-bond donors (Lipinski definition) is 1. The minimum Gasteiger partial charge on any atom is -0.395 e. The molecule has 5 rings (SSSR count). The molecule has 0 unspecified atom stereocenters. The second kappa shape index (κ2) is 12.4. The van der Waals surface area contributed by atoms with E-state index in [1.54, 1.807) is 0 Å². The number of rotatable bonds is 8. The molecule has 1 N–H and O–H groups in total. The molecule has 0 aromatic heterocycles. The molecule has 1 aliphatic rings. The number of piperidine rings is 1. The SMILES string of the molecule is Cl.OCC1(c2ccccc2)CCN(CCC(c2ccccc2)(c2ccccc2)c2ccc(Br)cc2)CC1. The van der Waals surface area contributed by atoms with Gasteiger partial charge in [0.1, 0.15) is 0 Å². The van der Waals surface area contributed by atoms with Crippen molar-refractivity contribution in [3.8, 4) is 0 Å². The van der Waals surface area contributed by atoms with E-state index in [0.717, 1.165) is 43.4 Å². The lowest BCUT2D eigenvalue weighted by atomic mass is 9.67. The summed E-state index contributed by atoms with van der Waals surface area (Å²) in [6, 6.07) is 41.4. The van der Waals surface area contributed by atoms with Gasteiger partial charge in [0, 0.05) is 15.3 Å². The van der Waals surface area contributed by atoms with Gasteiger partial charge in [0.25, 0.3) is 0 Å². The average molecular weight is 577 g/mol. The molecule has 4 heteroatoms. The van der Waals surface area contributed by atoms with Gasteiger partial charge in [-0.05, 0) is 73.3 Å². The maximum absolute atomic E-state index is 10.4. The molecular formula is C33H35BrClNO. The quantitative estimate of drug-likeness (QED) is 0.218. The zero-order chi connectivity index (χ0) is 24.8. The molecule has 1 fully saturated rings. The van der Waals surface area contributed by atoms with Gasteiger partial charge in [-0.2, -0.15) is 0 Å². The topological polar surface area (TPSA) is 23.5 Å². The Morgan fingerprint density at radius 2 is 1.14 bits per heavy atom. The van der Waals surface area contributed by atoms with Crippen LogP contribution in [0.4, 0.5) is 0 Å². The fourth-order valence-corrected chi connectivity index (χ4v) is 6.24. The number of aliphatic hydroxyl groups excluding tert-OH is 1. The van der Waals surface area contributed by atoms with Crippen molar-refractivity contribution in [2.24, 2.45) is 0 Å². The minimum atomic E-state index is -0.242. The number of aliphatic hydroxyl groups is 1. The van der Waals surface area contributed by atoms with E-state index in [1.165, 1.54) is 22.3 Å². The number of likely N-dealkylation sites (tertiary alicyclic amines) is 1. The van der Waals surface area contributed by atoms with Crippen LogP contribution >= 0.6 is 28.3 Å². The third-order valence-electron chi connectivity index (χ3n) is 8.18. The van der Waals surface area contributed by atoms with Gasteiger partial charge in [0.2, 0.25) is 0 Å². The third kappa shape index (κ3) is 5.71. The summed E-state index contributed by atoms with van der Waals surface area (Å²) in [6.45, 7) is 3.20. The van der Waals surface area contributed by atoms with Gasteiger partial charge in [-0.3, -0.25) is 0 Å². The summed E-state index contributed by atoms with van der Waals surface area (Å²) in [5.74, 6) is 0. The molecule has 0 aliphatic carbocycles. The molecule has 1 saturated heterocycles. The molecular weight excluding hydrogens is 542 g/mol. The molecule has 192 valence electrons. The van der Waals surface area contributed by atoms with E-state index in [-0.39, 0.29) is 29.8 Å². The van der Waals surface area contributed by atoms with Gasteiger partial charge >= 0.3 is 0 Å². The van der Waals surface area contributed by atoms with Gasteiger partial charge in [-0.15, -0.1) is 12.4 Å². The van der Waals surface area contributed by atoms with Crippen molar-refractivity contribution in [3.05, 3.63) is 142 Å². The first kappa shape index (κ1) is 27.6. The molecule has 37 heavy (non-hydrogen) atoms. The Balaban J connectivity index is 0.00000320. The third-order valence-corrected chi connectivity index (χ3v) is 8.70. The highest BCUT2D eigenvalue weighted by atomic mass is 79.9. The molecule has 0 spiro atoms. The van der Waals surface area contributed by atoms with Crippen LogP contribution in [0.3, 0.4) is 0 Å². The summed E-state index contributed by atoms with van der Waals surface area (Å²) >= 11 is 3.63. The molecule has 0 radical (unpaired) electrons. The first-order chi connectivity index (χ1) is 17.7. The van der Waals surface area contributed by atoms with Crippen LogP contribution in [-0.4, -0.2) is 36.2 Å². The van der Waals surface area contributed by atoms with Crippen LogP contribution in [0.2, 0.25) is 0 Å². The normalized spacial score (nSPS) is 15.6. The molecule has 0 saturated carbocycles. The van der Waals surface area contributed by atoms with Crippen LogP contribution < -0.4 is 0 Å². The number of nitrogens with zero attached hydrogens (tertiary/aromatic N) is 1. The standard InChI is InChI=1S/C33H34BrNO.ClH/c34-31-18-16-30(17-19-31)33(28-12-6-2-7-13-28,29-14-8-3-9-15-29)22-25-35-23-20-32(26-36,21-24-35)27-10-4-1-5-11-27;/h1-19,36H,20-26H2;1H. The van der Waals surface area contributed by atoms with Crippen molar-refractivity contribution in [1.29, 1.82) is 0 Å². The Morgan fingerprint density at radius 3 is 1.62 bits per heavy atom. The van der Waals surface area contributed by atoms with Gasteiger partial charge < -0.3 is 10.0 Å². The van der Waals surface area contributed by atoms with Crippen LogP contribution in [0.25, 0.3) is 0 Å². The second-order valence-corrected chi connectivity index (χ2v) is 11.0. The average Bonchev–Trinajstić information content (AvgIpc) is 2.96. The van der Waals surface area contributed by atoms with E-state index in [9.17, 15) is 5.11 Å². The van der Waals surface area contributed by atoms with E-state index >= 15 is 0 Å². The Hall–Kier alpha value is -2.43. The van der Waals surface area contributed by atoms with Gasteiger partial charge in [0.15, 0.2) is 0 Å². The fraction of sp³-hybridized carbons (Fsp3) is 0.273. The molecule has 4 aromatic rings. The van der Waals surface area contributed by atoms with Crippen molar-refractivity contribution < 1.29 is 5.11 Å². The van der Waals surface area contributed by atoms with Crippen LogP contribution in [-0.2, 0) is 10.8 Å². The lowest BCUT2D eigenvalue weighted by Crippen LogP contribution is -2.46. The monoisotopic (exact) mass is 575 g/mol. The summed E-state index contributed by atoms with van der Waals surface area (Å²) < 4.78 is 1.10. The summed E-state index contributed by atoms with van der Waals surface area (Å²) in [6.07, 6.45) is 2.95. The number of hydrogen-bond acceptors (Lipinski definition) is 2. The van der Waals surface area contributed by atoms with E-state index in [1.807, 2.05) is 0 Å². The first-order valence-corrected chi connectivity index (χ1v) is 13.7. The summed E-state index contributed by atoms with van der Waals surface area (Å²) in [5.41, 5.74) is 4.86. The van der Waals surface area contributed by atoms with Crippen molar-refractivity contribution in [2.75, 3.05) is 26.2 Å². The molecule has 1 heterocycles. The highest BCUT2D eigenvalue weighted by Gasteiger charge is 2.39. The van der Waals surface area contributed by atoms with Crippen molar-refractivity contribution >= 4 is 28.3 Å². The Morgan fingerprint density at radius 1 is 0.676 bits per heavy atom. The Bertz CT molecular complexity index is 1180. The van der Waals surface area contributed by atoms with Crippen molar-refractivity contribution in [3.63, 3.8) is 0 Å². The lowest BCUT2D eigenvalue weighted by Gasteiger charge is -2.43. The van der Waals surface area contributed by atoms with E-state index < -0.39 is 0 Å². The Labute approximate surface area is 235 Å². The largest absolute Gasteiger partial charge is 0.395 e. The zero-order valence-electron chi connectivity index (χ0n) is 21.1. The van der Waals surface area contributed by atoms with Crippen LogP contribution in [0, 0.1) is 0 Å². The molecule has 0 atom stereocenters. The van der Waals surface area contributed by atoms with Crippen molar-refractivity contribution in [2.45, 2.75) is 30.1 Å². The fourth-order valence-electron chi connectivity index (χ4n) is 5.97. The highest BCUT2D eigenvalue weighted by molar-refractivity contribution is 9.10.